The van der Waals surface area contributed by atoms with Crippen LogP contribution in [0.25, 0.3) is 0 Å². The second kappa shape index (κ2) is 5.85. The van der Waals surface area contributed by atoms with Crippen LogP contribution in [0.4, 0.5) is 0 Å². The fourth-order valence-electron chi connectivity index (χ4n) is 2.44. The molecule has 0 radical (unpaired) electrons. The second-order valence-electron chi connectivity index (χ2n) is 5.38. The van der Waals surface area contributed by atoms with Crippen molar-refractivity contribution in [3.63, 3.8) is 0 Å². The van der Waals surface area contributed by atoms with Crippen molar-refractivity contribution >= 4 is 17.2 Å². The first kappa shape index (κ1) is 13.6. The molecule has 1 aromatic rings. The summed E-state index contributed by atoms with van der Waals surface area (Å²) in [5.41, 5.74) is 0. The van der Waals surface area contributed by atoms with E-state index in [-0.39, 0.29) is 12.0 Å². The van der Waals surface area contributed by atoms with Crippen molar-refractivity contribution in [1.29, 1.82) is 0 Å². The molecule has 0 unspecified atom stereocenters. The first-order chi connectivity index (χ1) is 8.59. The van der Waals surface area contributed by atoms with E-state index in [1.54, 1.807) is 11.3 Å². The summed E-state index contributed by atoms with van der Waals surface area (Å²) in [6, 6.07) is 4.40. The zero-order valence-corrected chi connectivity index (χ0v) is 12.2. The lowest BCUT2D eigenvalue weighted by molar-refractivity contribution is -0.138. The normalized spacial score (nSPS) is 23.6. The molecule has 1 aliphatic heterocycles. The summed E-state index contributed by atoms with van der Waals surface area (Å²) < 4.78 is 0. The molecule has 0 spiro atoms. The predicted molar refractivity (Wildman–Crippen MR) is 75.5 cm³/mol. The van der Waals surface area contributed by atoms with E-state index in [1.807, 2.05) is 11.0 Å². The number of carbonyl (C=O) groups is 1. The van der Waals surface area contributed by atoms with Crippen molar-refractivity contribution in [2.75, 3.05) is 13.1 Å². The van der Waals surface area contributed by atoms with Crippen molar-refractivity contribution < 1.29 is 4.79 Å². The molecule has 0 aromatic carbocycles. The van der Waals surface area contributed by atoms with Gasteiger partial charge in [0.05, 0.1) is 12.5 Å². The van der Waals surface area contributed by atoms with Crippen LogP contribution in [0.3, 0.4) is 0 Å². The van der Waals surface area contributed by atoms with Crippen molar-refractivity contribution in [3.8, 4) is 0 Å². The standard InChI is InChI=1S/C14H22N2OS/c1-10(2)16(9-12-5-4-6-18-12)14(17)13-8-15-7-11(13)3/h4-6,10-11,13,15H,7-9H2,1-3H3/t11-,13-/m1/s1. The molecule has 1 saturated heterocycles. The van der Waals surface area contributed by atoms with Gasteiger partial charge in [-0.05, 0) is 37.8 Å². The summed E-state index contributed by atoms with van der Waals surface area (Å²) in [7, 11) is 0. The maximum atomic E-state index is 12.6. The van der Waals surface area contributed by atoms with Gasteiger partial charge in [0.25, 0.3) is 0 Å². The molecular formula is C14H22N2OS. The van der Waals surface area contributed by atoms with E-state index in [2.05, 4.69) is 37.5 Å². The largest absolute Gasteiger partial charge is 0.335 e. The Bertz CT molecular complexity index is 389. The first-order valence-electron chi connectivity index (χ1n) is 6.63. The molecule has 2 rings (SSSR count). The molecule has 4 heteroatoms. The fourth-order valence-corrected chi connectivity index (χ4v) is 3.14. The van der Waals surface area contributed by atoms with Crippen molar-refractivity contribution in [1.82, 2.24) is 10.2 Å². The van der Waals surface area contributed by atoms with E-state index in [9.17, 15) is 4.79 Å². The van der Waals surface area contributed by atoms with Gasteiger partial charge in [0.1, 0.15) is 0 Å². The number of rotatable bonds is 4. The van der Waals surface area contributed by atoms with Crippen molar-refractivity contribution in [2.24, 2.45) is 11.8 Å². The molecule has 1 N–H and O–H groups in total. The highest BCUT2D eigenvalue weighted by Crippen LogP contribution is 2.22. The Morgan fingerprint density at radius 3 is 2.83 bits per heavy atom. The van der Waals surface area contributed by atoms with Crippen LogP contribution in [0, 0.1) is 11.8 Å². The maximum Gasteiger partial charge on any atom is 0.227 e. The molecule has 1 amide bonds. The lowest BCUT2D eigenvalue weighted by Crippen LogP contribution is -2.42. The van der Waals surface area contributed by atoms with Gasteiger partial charge in [-0.2, -0.15) is 0 Å². The van der Waals surface area contributed by atoms with Gasteiger partial charge in [-0.25, -0.2) is 0 Å². The Morgan fingerprint density at radius 1 is 1.56 bits per heavy atom. The van der Waals surface area contributed by atoms with Gasteiger partial charge in [0.15, 0.2) is 0 Å². The Labute approximate surface area is 113 Å². The zero-order valence-electron chi connectivity index (χ0n) is 11.3. The van der Waals surface area contributed by atoms with Crippen LogP contribution in [0.15, 0.2) is 17.5 Å². The van der Waals surface area contributed by atoms with Gasteiger partial charge in [-0.15, -0.1) is 11.3 Å². The molecule has 1 aromatic heterocycles. The second-order valence-corrected chi connectivity index (χ2v) is 6.41. The van der Waals surface area contributed by atoms with Gasteiger partial charge in [0.2, 0.25) is 5.91 Å². The van der Waals surface area contributed by atoms with Crippen LogP contribution in [0.2, 0.25) is 0 Å². The Kier molecular flexibility index (Phi) is 4.40. The minimum Gasteiger partial charge on any atom is -0.335 e. The van der Waals surface area contributed by atoms with E-state index >= 15 is 0 Å². The van der Waals surface area contributed by atoms with Crippen molar-refractivity contribution in [3.05, 3.63) is 22.4 Å². The summed E-state index contributed by atoms with van der Waals surface area (Å²) in [6.07, 6.45) is 0. The molecule has 2 heterocycles. The Hall–Kier alpha value is -0.870. The molecule has 3 nitrogen and oxygen atoms in total. The average molecular weight is 266 g/mol. The van der Waals surface area contributed by atoms with Gasteiger partial charge in [-0.3, -0.25) is 4.79 Å². The van der Waals surface area contributed by atoms with Gasteiger partial charge in [-0.1, -0.05) is 13.0 Å². The third-order valence-corrected chi connectivity index (χ3v) is 4.51. The highest BCUT2D eigenvalue weighted by atomic mass is 32.1. The summed E-state index contributed by atoms with van der Waals surface area (Å²) in [5, 5.41) is 5.38. The molecule has 1 fully saturated rings. The molecule has 0 saturated carbocycles. The lowest BCUT2D eigenvalue weighted by Gasteiger charge is -2.30. The van der Waals surface area contributed by atoms with Crippen LogP contribution in [-0.2, 0) is 11.3 Å². The molecule has 0 aliphatic carbocycles. The summed E-state index contributed by atoms with van der Waals surface area (Å²) in [6.45, 7) is 8.88. The minimum atomic E-state index is 0.146. The van der Waals surface area contributed by atoms with E-state index in [0.717, 1.165) is 19.6 Å². The zero-order chi connectivity index (χ0) is 13.1. The van der Waals surface area contributed by atoms with Crippen LogP contribution < -0.4 is 5.32 Å². The minimum absolute atomic E-state index is 0.146. The topological polar surface area (TPSA) is 32.3 Å². The van der Waals surface area contributed by atoms with Crippen LogP contribution >= 0.6 is 11.3 Å². The molecule has 1 aliphatic rings. The predicted octanol–water partition coefficient (Wildman–Crippen LogP) is 2.34. The summed E-state index contributed by atoms with van der Waals surface area (Å²) >= 11 is 1.72. The van der Waals surface area contributed by atoms with Crippen LogP contribution in [0.1, 0.15) is 25.6 Å². The third-order valence-electron chi connectivity index (χ3n) is 3.65. The highest BCUT2D eigenvalue weighted by Gasteiger charge is 2.33. The number of nitrogens with one attached hydrogen (secondary N) is 1. The quantitative estimate of drug-likeness (QED) is 0.907. The summed E-state index contributed by atoms with van der Waals surface area (Å²) in [4.78, 5) is 15.9. The number of carbonyl (C=O) groups excluding carboxylic acids is 1. The molecule has 18 heavy (non-hydrogen) atoms. The van der Waals surface area contributed by atoms with E-state index in [1.165, 1.54) is 4.88 Å². The van der Waals surface area contributed by atoms with Crippen molar-refractivity contribution in [2.45, 2.75) is 33.4 Å². The van der Waals surface area contributed by atoms with Gasteiger partial charge < -0.3 is 10.2 Å². The Balaban J connectivity index is 2.07. The SMILES string of the molecule is CC(C)N(Cc1cccs1)C(=O)[C@@H]1CNC[C@H]1C. The smallest absolute Gasteiger partial charge is 0.227 e. The van der Waals surface area contributed by atoms with E-state index < -0.39 is 0 Å². The van der Waals surface area contributed by atoms with Gasteiger partial charge in [0, 0.05) is 17.5 Å². The lowest BCUT2D eigenvalue weighted by atomic mass is 9.96. The highest BCUT2D eigenvalue weighted by molar-refractivity contribution is 7.09. The number of amides is 1. The summed E-state index contributed by atoms with van der Waals surface area (Å²) in [5.74, 6) is 0.894. The maximum absolute atomic E-state index is 12.6. The number of nitrogens with zero attached hydrogens (tertiary/aromatic N) is 1. The van der Waals surface area contributed by atoms with Gasteiger partial charge >= 0.3 is 0 Å². The number of hydrogen-bond acceptors (Lipinski definition) is 3. The Morgan fingerprint density at radius 2 is 2.33 bits per heavy atom. The monoisotopic (exact) mass is 266 g/mol. The molecular weight excluding hydrogens is 244 g/mol. The fraction of sp³-hybridized carbons (Fsp3) is 0.643. The third kappa shape index (κ3) is 2.93. The molecule has 0 bridgehead atoms. The number of hydrogen-bond donors (Lipinski definition) is 1. The van der Waals surface area contributed by atoms with Crippen LogP contribution in [-0.4, -0.2) is 29.9 Å². The molecule has 2 atom stereocenters. The number of thiophene rings is 1. The first-order valence-corrected chi connectivity index (χ1v) is 7.51. The van der Waals surface area contributed by atoms with Crippen LogP contribution in [0.5, 0.6) is 0 Å². The van der Waals surface area contributed by atoms with E-state index in [4.69, 9.17) is 0 Å². The molecule has 100 valence electrons. The van der Waals surface area contributed by atoms with E-state index in [0.29, 0.717) is 11.8 Å². The average Bonchev–Trinajstić information content (AvgIpc) is 2.95.